The minimum atomic E-state index is -0.605. The molecule has 0 unspecified atom stereocenters. The van der Waals surface area contributed by atoms with Crippen LogP contribution < -0.4 is 11.1 Å². The number of thiol groups is 1. The molecule has 0 aliphatic rings. The van der Waals surface area contributed by atoms with Crippen LogP contribution in [-0.2, 0) is 0 Å². The molecule has 2 amide bonds. The average Bonchev–Trinajstić information content (AvgIpc) is 2.25. The predicted octanol–water partition coefficient (Wildman–Crippen LogP) is 0.445. The second-order valence-corrected chi connectivity index (χ2v) is 3.34. The smallest absolute Gasteiger partial charge is 0.252 e. The van der Waals surface area contributed by atoms with Gasteiger partial charge in [0.15, 0.2) is 0 Å². The Labute approximate surface area is 93.3 Å². The summed E-state index contributed by atoms with van der Waals surface area (Å²) in [6.45, 7) is 0.453. The molecule has 15 heavy (non-hydrogen) atoms. The van der Waals surface area contributed by atoms with E-state index < -0.39 is 5.91 Å². The molecule has 0 aliphatic carbocycles. The van der Waals surface area contributed by atoms with Gasteiger partial charge >= 0.3 is 0 Å². The molecular weight excluding hydrogens is 212 g/mol. The van der Waals surface area contributed by atoms with Crippen molar-refractivity contribution in [2.45, 2.75) is 0 Å². The van der Waals surface area contributed by atoms with Crippen LogP contribution in [0.4, 0.5) is 0 Å². The number of primary amides is 1. The minimum absolute atomic E-state index is 0.231. The van der Waals surface area contributed by atoms with Crippen molar-refractivity contribution in [1.29, 1.82) is 0 Å². The van der Waals surface area contributed by atoms with E-state index in [0.29, 0.717) is 17.9 Å². The quantitative estimate of drug-likeness (QED) is 0.649. The maximum atomic E-state index is 11.6. The van der Waals surface area contributed by atoms with Crippen LogP contribution in [0.1, 0.15) is 20.7 Å². The van der Waals surface area contributed by atoms with Crippen molar-refractivity contribution in [1.82, 2.24) is 5.32 Å². The summed E-state index contributed by atoms with van der Waals surface area (Å²) in [5, 5.41) is 2.62. The third-order valence-corrected chi connectivity index (χ3v) is 2.06. The van der Waals surface area contributed by atoms with Crippen LogP contribution >= 0.6 is 12.6 Å². The summed E-state index contributed by atoms with van der Waals surface area (Å²) in [5.41, 5.74) is 5.68. The van der Waals surface area contributed by atoms with Gasteiger partial charge in [0.05, 0.1) is 11.1 Å². The van der Waals surface area contributed by atoms with E-state index in [-0.39, 0.29) is 11.5 Å². The molecule has 0 aliphatic heterocycles. The van der Waals surface area contributed by atoms with Crippen molar-refractivity contribution in [2.75, 3.05) is 12.3 Å². The van der Waals surface area contributed by atoms with E-state index in [2.05, 4.69) is 17.9 Å². The fraction of sp³-hybridized carbons (Fsp3) is 0.200. The second kappa shape index (κ2) is 5.41. The normalized spacial score (nSPS) is 9.67. The first-order valence-corrected chi connectivity index (χ1v) is 5.08. The number of hydrogen-bond donors (Lipinski definition) is 3. The molecule has 0 saturated carbocycles. The van der Waals surface area contributed by atoms with Gasteiger partial charge in [-0.3, -0.25) is 9.59 Å². The number of carbonyl (C=O) groups excluding carboxylic acids is 2. The third-order valence-electron chi connectivity index (χ3n) is 1.83. The molecule has 80 valence electrons. The monoisotopic (exact) mass is 224 g/mol. The topological polar surface area (TPSA) is 72.2 Å². The summed E-state index contributed by atoms with van der Waals surface area (Å²) in [4.78, 5) is 22.6. The fourth-order valence-electron chi connectivity index (χ4n) is 1.16. The van der Waals surface area contributed by atoms with Crippen molar-refractivity contribution in [3.63, 3.8) is 0 Å². The number of amides is 2. The molecule has 0 atom stereocenters. The zero-order valence-corrected chi connectivity index (χ0v) is 8.96. The van der Waals surface area contributed by atoms with E-state index in [4.69, 9.17) is 5.73 Å². The molecule has 0 heterocycles. The number of carbonyl (C=O) groups is 2. The van der Waals surface area contributed by atoms with E-state index in [0.717, 1.165) is 0 Å². The Morgan fingerprint density at radius 3 is 2.40 bits per heavy atom. The van der Waals surface area contributed by atoms with Crippen LogP contribution in [0.2, 0.25) is 0 Å². The SMILES string of the molecule is NC(=O)c1ccccc1C(=O)NCCS. The summed E-state index contributed by atoms with van der Waals surface area (Å²) in [7, 11) is 0. The van der Waals surface area contributed by atoms with Gasteiger partial charge in [0.2, 0.25) is 5.91 Å². The lowest BCUT2D eigenvalue weighted by molar-refractivity contribution is 0.0938. The highest BCUT2D eigenvalue weighted by atomic mass is 32.1. The average molecular weight is 224 g/mol. The number of benzene rings is 1. The molecule has 5 heteroatoms. The van der Waals surface area contributed by atoms with E-state index in [9.17, 15) is 9.59 Å². The largest absolute Gasteiger partial charge is 0.366 e. The molecule has 4 nitrogen and oxygen atoms in total. The van der Waals surface area contributed by atoms with Crippen molar-refractivity contribution < 1.29 is 9.59 Å². The van der Waals surface area contributed by atoms with E-state index in [1.165, 1.54) is 6.07 Å². The Morgan fingerprint density at radius 1 is 1.27 bits per heavy atom. The molecule has 3 N–H and O–H groups in total. The van der Waals surface area contributed by atoms with Crippen LogP contribution in [0.25, 0.3) is 0 Å². The Morgan fingerprint density at radius 2 is 1.87 bits per heavy atom. The first-order chi connectivity index (χ1) is 7.16. The Hall–Kier alpha value is -1.49. The molecule has 1 aromatic carbocycles. The van der Waals surface area contributed by atoms with Crippen molar-refractivity contribution in [2.24, 2.45) is 5.73 Å². The van der Waals surface area contributed by atoms with Crippen molar-refractivity contribution in [3.8, 4) is 0 Å². The van der Waals surface area contributed by atoms with E-state index in [1.54, 1.807) is 18.2 Å². The van der Waals surface area contributed by atoms with Gasteiger partial charge in [-0.15, -0.1) is 0 Å². The van der Waals surface area contributed by atoms with Gasteiger partial charge in [0.25, 0.3) is 5.91 Å². The standard InChI is InChI=1S/C10H12N2O2S/c11-9(13)7-3-1-2-4-8(7)10(14)12-5-6-15/h1-4,15H,5-6H2,(H2,11,13)(H,12,14). The fourth-order valence-corrected chi connectivity index (χ4v) is 1.27. The summed E-state index contributed by atoms with van der Waals surface area (Å²) >= 11 is 3.97. The van der Waals surface area contributed by atoms with E-state index >= 15 is 0 Å². The molecule has 0 aromatic heterocycles. The highest BCUT2D eigenvalue weighted by molar-refractivity contribution is 7.80. The Kier molecular flexibility index (Phi) is 4.17. The molecule has 0 fully saturated rings. The Balaban J connectivity index is 2.92. The minimum Gasteiger partial charge on any atom is -0.366 e. The lowest BCUT2D eigenvalue weighted by Crippen LogP contribution is -2.28. The van der Waals surface area contributed by atoms with Gasteiger partial charge < -0.3 is 11.1 Å². The first-order valence-electron chi connectivity index (χ1n) is 4.44. The number of rotatable bonds is 4. The van der Waals surface area contributed by atoms with Crippen LogP contribution in [-0.4, -0.2) is 24.1 Å². The summed E-state index contributed by atoms with van der Waals surface area (Å²) < 4.78 is 0. The number of hydrogen-bond acceptors (Lipinski definition) is 3. The predicted molar refractivity (Wildman–Crippen MR) is 61.1 cm³/mol. The molecule has 0 radical (unpaired) electrons. The number of nitrogens with one attached hydrogen (secondary N) is 1. The van der Waals surface area contributed by atoms with Gasteiger partial charge in [-0.05, 0) is 12.1 Å². The maximum absolute atomic E-state index is 11.6. The summed E-state index contributed by atoms with van der Waals surface area (Å²) in [6.07, 6.45) is 0. The van der Waals surface area contributed by atoms with Gasteiger partial charge in [-0.2, -0.15) is 12.6 Å². The first kappa shape index (κ1) is 11.6. The van der Waals surface area contributed by atoms with Crippen LogP contribution in [0.5, 0.6) is 0 Å². The number of nitrogens with two attached hydrogens (primary N) is 1. The molecule has 0 bridgehead atoms. The Bertz CT molecular complexity index is 379. The zero-order chi connectivity index (χ0) is 11.3. The third kappa shape index (κ3) is 2.99. The van der Waals surface area contributed by atoms with Crippen molar-refractivity contribution in [3.05, 3.63) is 35.4 Å². The van der Waals surface area contributed by atoms with Gasteiger partial charge in [0.1, 0.15) is 0 Å². The highest BCUT2D eigenvalue weighted by Gasteiger charge is 2.13. The highest BCUT2D eigenvalue weighted by Crippen LogP contribution is 2.07. The van der Waals surface area contributed by atoms with Gasteiger partial charge in [0, 0.05) is 12.3 Å². The summed E-state index contributed by atoms with van der Waals surface area (Å²) in [5.74, 6) is -0.366. The summed E-state index contributed by atoms with van der Waals surface area (Å²) in [6, 6.07) is 6.43. The van der Waals surface area contributed by atoms with Crippen molar-refractivity contribution >= 4 is 24.4 Å². The van der Waals surface area contributed by atoms with Gasteiger partial charge in [-0.1, -0.05) is 12.1 Å². The van der Waals surface area contributed by atoms with E-state index in [1.807, 2.05) is 0 Å². The lowest BCUT2D eigenvalue weighted by Gasteiger charge is -2.06. The second-order valence-electron chi connectivity index (χ2n) is 2.89. The molecule has 1 rings (SSSR count). The van der Waals surface area contributed by atoms with Crippen LogP contribution in [0.15, 0.2) is 24.3 Å². The lowest BCUT2D eigenvalue weighted by atomic mass is 10.1. The molecule has 1 aromatic rings. The maximum Gasteiger partial charge on any atom is 0.252 e. The molecule has 0 saturated heterocycles. The molecular formula is C10H12N2O2S. The van der Waals surface area contributed by atoms with Crippen LogP contribution in [0, 0.1) is 0 Å². The zero-order valence-electron chi connectivity index (χ0n) is 8.06. The molecule has 0 spiro atoms. The van der Waals surface area contributed by atoms with Gasteiger partial charge in [-0.25, -0.2) is 0 Å². The van der Waals surface area contributed by atoms with Crippen LogP contribution in [0.3, 0.4) is 0 Å².